The minimum absolute atomic E-state index is 0.555. The van der Waals surface area contributed by atoms with E-state index in [2.05, 4.69) is 52.2 Å². The number of hydrazone groups is 1. The Balaban J connectivity index is 1.59. The van der Waals surface area contributed by atoms with Crippen molar-refractivity contribution in [3.63, 3.8) is 0 Å². The lowest BCUT2D eigenvalue weighted by atomic mass is 9.90. The van der Waals surface area contributed by atoms with Crippen LogP contribution in [0.1, 0.15) is 29.5 Å². The molecule has 0 bridgehead atoms. The van der Waals surface area contributed by atoms with E-state index < -0.39 is 0 Å². The van der Waals surface area contributed by atoms with Crippen LogP contribution in [-0.2, 0) is 13.0 Å². The number of fused-ring (bicyclic) bond motifs is 1. The van der Waals surface area contributed by atoms with Gasteiger partial charge in [-0.3, -0.25) is 5.43 Å². The lowest BCUT2D eigenvalue weighted by Gasteiger charge is -2.17. The molecule has 2 aromatic carbocycles. The summed E-state index contributed by atoms with van der Waals surface area (Å²) < 4.78 is 0. The first kappa shape index (κ1) is 14.7. The van der Waals surface area contributed by atoms with Gasteiger partial charge in [0.25, 0.3) is 0 Å². The van der Waals surface area contributed by atoms with Crippen LogP contribution >= 0.6 is 12.2 Å². The van der Waals surface area contributed by atoms with Crippen molar-refractivity contribution >= 4 is 23.0 Å². The van der Waals surface area contributed by atoms with Crippen molar-refractivity contribution in [2.45, 2.75) is 25.8 Å². The molecule has 0 spiro atoms. The van der Waals surface area contributed by atoms with Crippen LogP contribution in [0.3, 0.4) is 0 Å². The Morgan fingerprint density at radius 3 is 2.64 bits per heavy atom. The second-order valence-electron chi connectivity index (χ2n) is 5.35. The Labute approximate surface area is 136 Å². The summed E-state index contributed by atoms with van der Waals surface area (Å²) in [5.41, 5.74) is 7.87. The van der Waals surface area contributed by atoms with Crippen LogP contribution in [0.5, 0.6) is 0 Å². The molecule has 0 saturated carbocycles. The summed E-state index contributed by atoms with van der Waals surface area (Å²) in [7, 11) is 0. The van der Waals surface area contributed by atoms with E-state index >= 15 is 0 Å². The number of benzene rings is 2. The number of nitrogens with zero attached hydrogens (tertiary/aromatic N) is 1. The number of thiocarbonyl (C=S) groups is 1. The standard InChI is InChI=1S/C18H19N3S/c22-18(19-13-14-7-2-1-3-8-14)21-20-17-12-6-10-15-9-4-5-11-16(15)17/h1-5,7-9,11H,6,10,12-13H2,(H2,19,21,22)/b20-17-. The molecule has 1 aliphatic rings. The fourth-order valence-corrected chi connectivity index (χ4v) is 2.77. The van der Waals surface area contributed by atoms with Gasteiger partial charge in [-0.25, -0.2) is 0 Å². The summed E-state index contributed by atoms with van der Waals surface area (Å²) in [6.45, 7) is 0.702. The number of aryl methyl sites for hydroxylation is 1. The highest BCUT2D eigenvalue weighted by Gasteiger charge is 2.14. The normalized spacial score (nSPS) is 15.2. The van der Waals surface area contributed by atoms with Crippen molar-refractivity contribution in [3.05, 3.63) is 71.3 Å². The lowest BCUT2D eigenvalue weighted by Crippen LogP contribution is -2.32. The first-order chi connectivity index (χ1) is 10.8. The molecule has 0 aliphatic heterocycles. The molecule has 1 aliphatic carbocycles. The van der Waals surface area contributed by atoms with Gasteiger partial charge in [0.1, 0.15) is 0 Å². The largest absolute Gasteiger partial charge is 0.357 e. The van der Waals surface area contributed by atoms with Crippen LogP contribution in [0.2, 0.25) is 0 Å². The van der Waals surface area contributed by atoms with E-state index in [0.717, 1.165) is 25.0 Å². The van der Waals surface area contributed by atoms with Crippen molar-refractivity contribution in [3.8, 4) is 0 Å². The number of rotatable bonds is 3. The molecule has 3 nitrogen and oxygen atoms in total. The highest BCUT2D eigenvalue weighted by atomic mass is 32.1. The molecular weight excluding hydrogens is 290 g/mol. The van der Waals surface area contributed by atoms with Gasteiger partial charge >= 0.3 is 0 Å². The molecule has 0 aromatic heterocycles. The summed E-state index contributed by atoms with van der Waals surface area (Å²) in [6.07, 6.45) is 3.26. The zero-order valence-electron chi connectivity index (χ0n) is 12.4. The number of hydrogen-bond acceptors (Lipinski definition) is 2. The fourth-order valence-electron chi connectivity index (χ4n) is 2.65. The zero-order valence-corrected chi connectivity index (χ0v) is 13.2. The van der Waals surface area contributed by atoms with Crippen LogP contribution in [0.4, 0.5) is 0 Å². The highest BCUT2D eigenvalue weighted by molar-refractivity contribution is 7.80. The summed E-state index contributed by atoms with van der Waals surface area (Å²) in [5.74, 6) is 0. The third kappa shape index (κ3) is 3.71. The zero-order chi connectivity index (χ0) is 15.2. The monoisotopic (exact) mass is 309 g/mol. The molecule has 0 fully saturated rings. The molecule has 0 unspecified atom stereocenters. The second kappa shape index (κ2) is 7.18. The Morgan fingerprint density at radius 1 is 1.00 bits per heavy atom. The summed E-state index contributed by atoms with van der Waals surface area (Å²) in [4.78, 5) is 0. The molecule has 0 atom stereocenters. The van der Waals surface area contributed by atoms with Crippen LogP contribution in [0.25, 0.3) is 0 Å². The van der Waals surface area contributed by atoms with E-state index in [1.165, 1.54) is 16.7 Å². The summed E-state index contributed by atoms with van der Waals surface area (Å²) in [6, 6.07) is 18.6. The van der Waals surface area contributed by atoms with E-state index in [9.17, 15) is 0 Å². The first-order valence-corrected chi connectivity index (χ1v) is 7.96. The minimum Gasteiger partial charge on any atom is -0.357 e. The van der Waals surface area contributed by atoms with E-state index in [4.69, 9.17) is 12.2 Å². The van der Waals surface area contributed by atoms with E-state index in [-0.39, 0.29) is 0 Å². The average molecular weight is 309 g/mol. The van der Waals surface area contributed by atoms with Crippen molar-refractivity contribution in [1.29, 1.82) is 0 Å². The van der Waals surface area contributed by atoms with Crippen molar-refractivity contribution < 1.29 is 0 Å². The van der Waals surface area contributed by atoms with Crippen molar-refractivity contribution in [1.82, 2.24) is 10.7 Å². The van der Waals surface area contributed by atoms with E-state index in [1.54, 1.807) is 0 Å². The fraction of sp³-hybridized carbons (Fsp3) is 0.222. The molecule has 0 amide bonds. The maximum Gasteiger partial charge on any atom is 0.187 e. The van der Waals surface area contributed by atoms with Crippen LogP contribution in [0.15, 0.2) is 59.7 Å². The predicted octanol–water partition coefficient (Wildman–Crippen LogP) is 3.39. The maximum absolute atomic E-state index is 5.29. The van der Waals surface area contributed by atoms with Gasteiger partial charge in [0.2, 0.25) is 0 Å². The highest BCUT2D eigenvalue weighted by Crippen LogP contribution is 2.21. The quantitative estimate of drug-likeness (QED) is 0.674. The number of nitrogens with one attached hydrogen (secondary N) is 2. The molecule has 0 saturated heterocycles. The summed E-state index contributed by atoms with van der Waals surface area (Å²) >= 11 is 5.29. The van der Waals surface area contributed by atoms with E-state index in [0.29, 0.717) is 11.7 Å². The molecular formula is C18H19N3S. The Kier molecular flexibility index (Phi) is 4.81. The second-order valence-corrected chi connectivity index (χ2v) is 5.76. The van der Waals surface area contributed by atoms with Crippen molar-refractivity contribution in [2.24, 2.45) is 5.10 Å². The van der Waals surface area contributed by atoms with Gasteiger partial charge in [-0.2, -0.15) is 5.10 Å². The maximum atomic E-state index is 5.29. The van der Waals surface area contributed by atoms with Gasteiger partial charge in [0, 0.05) is 12.1 Å². The van der Waals surface area contributed by atoms with Gasteiger partial charge < -0.3 is 5.32 Å². The van der Waals surface area contributed by atoms with Crippen LogP contribution < -0.4 is 10.7 Å². The number of hydrogen-bond donors (Lipinski definition) is 2. The van der Waals surface area contributed by atoms with Crippen LogP contribution in [0, 0.1) is 0 Å². The van der Waals surface area contributed by atoms with Gasteiger partial charge in [0.05, 0.1) is 5.71 Å². The topological polar surface area (TPSA) is 36.4 Å². The molecule has 4 heteroatoms. The Morgan fingerprint density at radius 2 is 1.77 bits per heavy atom. The van der Waals surface area contributed by atoms with Gasteiger partial charge in [-0.1, -0.05) is 54.6 Å². The Bertz CT molecular complexity index is 680. The summed E-state index contributed by atoms with van der Waals surface area (Å²) in [5, 5.41) is 8.23. The minimum atomic E-state index is 0.555. The molecule has 0 radical (unpaired) electrons. The average Bonchev–Trinajstić information content (AvgIpc) is 2.59. The molecule has 2 aromatic rings. The third-order valence-corrected chi connectivity index (χ3v) is 4.01. The lowest BCUT2D eigenvalue weighted by molar-refractivity contribution is 0.818. The molecule has 0 heterocycles. The molecule has 22 heavy (non-hydrogen) atoms. The molecule has 3 rings (SSSR count). The van der Waals surface area contributed by atoms with Gasteiger partial charge in [-0.15, -0.1) is 0 Å². The Hall–Kier alpha value is -2.20. The van der Waals surface area contributed by atoms with Crippen LogP contribution in [-0.4, -0.2) is 10.8 Å². The van der Waals surface area contributed by atoms with Crippen molar-refractivity contribution in [2.75, 3.05) is 0 Å². The van der Waals surface area contributed by atoms with E-state index in [1.807, 2.05) is 18.2 Å². The van der Waals surface area contributed by atoms with Gasteiger partial charge in [0.15, 0.2) is 5.11 Å². The SMILES string of the molecule is S=C(NCc1ccccc1)N/N=C1/CCCc2ccccc21. The first-order valence-electron chi connectivity index (χ1n) is 7.55. The molecule has 112 valence electrons. The molecule has 2 N–H and O–H groups in total. The van der Waals surface area contributed by atoms with Gasteiger partial charge in [-0.05, 0) is 42.6 Å². The third-order valence-electron chi connectivity index (χ3n) is 3.78. The smallest absolute Gasteiger partial charge is 0.187 e. The predicted molar refractivity (Wildman–Crippen MR) is 94.9 cm³/mol.